The largest absolute Gasteiger partial charge is 0.383 e. The molecule has 0 aliphatic heterocycles. The average Bonchev–Trinajstić information content (AvgIpc) is 2.42. The summed E-state index contributed by atoms with van der Waals surface area (Å²) >= 11 is 0. The topological polar surface area (TPSA) is 56.1 Å². The molecule has 120 valence electrons. The molecular weight excluding hydrogens is 266 g/mol. The van der Waals surface area contributed by atoms with E-state index < -0.39 is 0 Å². The molecule has 0 saturated heterocycles. The Morgan fingerprint density at radius 3 is 2.67 bits per heavy atom. The number of methoxy groups -OCH3 is 1. The third-order valence-corrected chi connectivity index (χ3v) is 3.34. The number of hydrogen-bond acceptors (Lipinski definition) is 4. The van der Waals surface area contributed by atoms with Crippen LogP contribution in [0.2, 0.25) is 0 Å². The van der Waals surface area contributed by atoms with E-state index in [1.165, 1.54) is 0 Å². The minimum atomic E-state index is -0.0665. The Hall–Kier alpha value is -1.20. The van der Waals surface area contributed by atoms with Crippen LogP contribution < -0.4 is 10.9 Å². The van der Waals surface area contributed by atoms with Crippen molar-refractivity contribution in [1.82, 2.24) is 15.1 Å². The van der Waals surface area contributed by atoms with E-state index in [0.29, 0.717) is 19.7 Å². The standard InChI is InChI=1S/C16H29N3O2/c1-6-7-9-19-15(20)13(12-17-8-10-21-5)11-14(18-19)16(2,3)4/h11,17H,6-10,12H2,1-5H3. The maximum atomic E-state index is 12.4. The molecule has 1 aromatic rings. The van der Waals surface area contributed by atoms with Gasteiger partial charge in [-0.1, -0.05) is 34.1 Å². The van der Waals surface area contributed by atoms with E-state index in [4.69, 9.17) is 4.74 Å². The minimum absolute atomic E-state index is 0.0152. The van der Waals surface area contributed by atoms with Crippen LogP contribution in [0.25, 0.3) is 0 Å². The Bertz CT molecular complexity index is 489. The second kappa shape index (κ2) is 8.29. The molecule has 0 spiro atoms. The Labute approximate surface area is 127 Å². The molecule has 0 radical (unpaired) electrons. The van der Waals surface area contributed by atoms with E-state index in [-0.39, 0.29) is 11.0 Å². The van der Waals surface area contributed by atoms with Crippen LogP contribution in [0.4, 0.5) is 0 Å². The fourth-order valence-electron chi connectivity index (χ4n) is 1.95. The summed E-state index contributed by atoms with van der Waals surface area (Å²) < 4.78 is 6.63. The molecule has 0 saturated carbocycles. The Kier molecular flexibility index (Phi) is 7.05. The van der Waals surface area contributed by atoms with Gasteiger partial charge < -0.3 is 10.1 Å². The third-order valence-electron chi connectivity index (χ3n) is 3.34. The van der Waals surface area contributed by atoms with Crippen molar-refractivity contribution >= 4 is 0 Å². The van der Waals surface area contributed by atoms with Crippen molar-refractivity contribution in [2.75, 3.05) is 20.3 Å². The van der Waals surface area contributed by atoms with Gasteiger partial charge in [0.15, 0.2) is 0 Å². The lowest BCUT2D eigenvalue weighted by Crippen LogP contribution is -2.33. The summed E-state index contributed by atoms with van der Waals surface area (Å²) in [7, 11) is 1.67. The molecule has 0 bridgehead atoms. The lowest BCUT2D eigenvalue weighted by molar-refractivity contribution is 0.199. The number of aryl methyl sites for hydroxylation is 1. The molecule has 0 atom stereocenters. The fourth-order valence-corrected chi connectivity index (χ4v) is 1.95. The summed E-state index contributed by atoms with van der Waals surface area (Å²) in [5.41, 5.74) is 1.69. The molecular formula is C16H29N3O2. The van der Waals surface area contributed by atoms with Gasteiger partial charge in [0.1, 0.15) is 0 Å². The molecule has 21 heavy (non-hydrogen) atoms. The van der Waals surface area contributed by atoms with Crippen LogP contribution >= 0.6 is 0 Å². The summed E-state index contributed by atoms with van der Waals surface area (Å²) in [6.45, 7) is 11.1. The molecule has 5 nitrogen and oxygen atoms in total. The molecule has 0 aliphatic carbocycles. The van der Waals surface area contributed by atoms with Crippen molar-refractivity contribution in [2.45, 2.75) is 59.0 Å². The highest BCUT2D eigenvalue weighted by atomic mass is 16.5. The van der Waals surface area contributed by atoms with Gasteiger partial charge in [0.2, 0.25) is 0 Å². The molecule has 1 N–H and O–H groups in total. The first-order valence-electron chi connectivity index (χ1n) is 7.71. The van der Waals surface area contributed by atoms with E-state index in [1.54, 1.807) is 11.8 Å². The van der Waals surface area contributed by atoms with Crippen LogP contribution in [0.5, 0.6) is 0 Å². The molecule has 0 amide bonds. The van der Waals surface area contributed by atoms with E-state index in [0.717, 1.165) is 30.6 Å². The smallest absolute Gasteiger partial charge is 0.271 e. The van der Waals surface area contributed by atoms with Crippen molar-refractivity contribution in [3.63, 3.8) is 0 Å². The minimum Gasteiger partial charge on any atom is -0.383 e. The number of aromatic nitrogens is 2. The van der Waals surface area contributed by atoms with Crippen molar-refractivity contribution in [2.24, 2.45) is 0 Å². The predicted octanol–water partition coefficient (Wildman–Crippen LogP) is 2.08. The lowest BCUT2D eigenvalue weighted by Gasteiger charge is -2.20. The summed E-state index contributed by atoms with van der Waals surface area (Å²) in [5, 5.41) is 7.78. The molecule has 0 aromatic carbocycles. The fraction of sp³-hybridized carbons (Fsp3) is 0.750. The summed E-state index contributed by atoms with van der Waals surface area (Å²) in [4.78, 5) is 12.4. The number of unbranched alkanes of at least 4 members (excludes halogenated alkanes) is 1. The number of nitrogens with one attached hydrogen (secondary N) is 1. The summed E-state index contributed by atoms with van der Waals surface area (Å²) in [6, 6.07) is 1.94. The summed E-state index contributed by atoms with van der Waals surface area (Å²) in [5.74, 6) is 0. The van der Waals surface area contributed by atoms with Gasteiger partial charge in [-0.3, -0.25) is 4.79 Å². The summed E-state index contributed by atoms with van der Waals surface area (Å²) in [6.07, 6.45) is 2.02. The zero-order chi connectivity index (χ0) is 15.9. The number of hydrogen-bond donors (Lipinski definition) is 1. The number of nitrogens with zero attached hydrogens (tertiary/aromatic N) is 2. The first kappa shape index (κ1) is 17.9. The third kappa shape index (κ3) is 5.59. The van der Waals surface area contributed by atoms with Gasteiger partial charge in [0.05, 0.1) is 12.3 Å². The quantitative estimate of drug-likeness (QED) is 0.746. The van der Waals surface area contributed by atoms with Gasteiger partial charge in [0, 0.05) is 37.7 Å². The molecule has 1 rings (SSSR count). The van der Waals surface area contributed by atoms with Gasteiger partial charge in [-0.05, 0) is 12.5 Å². The maximum Gasteiger partial charge on any atom is 0.271 e. The molecule has 1 aromatic heterocycles. The number of rotatable bonds is 8. The molecule has 0 aliphatic rings. The highest BCUT2D eigenvalue weighted by Crippen LogP contribution is 2.19. The van der Waals surface area contributed by atoms with E-state index >= 15 is 0 Å². The Balaban J connectivity index is 3.00. The van der Waals surface area contributed by atoms with Crippen molar-refractivity contribution in [1.29, 1.82) is 0 Å². The van der Waals surface area contributed by atoms with Crippen LogP contribution in [0.1, 0.15) is 51.8 Å². The monoisotopic (exact) mass is 295 g/mol. The molecule has 0 fully saturated rings. The van der Waals surface area contributed by atoms with Crippen LogP contribution in [0, 0.1) is 0 Å². The van der Waals surface area contributed by atoms with Crippen molar-refractivity contribution < 1.29 is 4.74 Å². The highest BCUT2D eigenvalue weighted by Gasteiger charge is 2.19. The molecule has 5 heteroatoms. The van der Waals surface area contributed by atoms with Gasteiger partial charge in [-0.25, -0.2) is 4.68 Å². The first-order chi connectivity index (χ1) is 9.90. The molecule has 1 heterocycles. The zero-order valence-electron chi connectivity index (χ0n) is 14.0. The van der Waals surface area contributed by atoms with Crippen molar-refractivity contribution in [3.8, 4) is 0 Å². The normalized spacial score (nSPS) is 11.9. The van der Waals surface area contributed by atoms with E-state index in [2.05, 4.69) is 38.1 Å². The van der Waals surface area contributed by atoms with E-state index in [9.17, 15) is 4.79 Å². The second-order valence-electron chi connectivity index (χ2n) is 6.36. The highest BCUT2D eigenvalue weighted by molar-refractivity contribution is 5.19. The Morgan fingerprint density at radius 2 is 2.10 bits per heavy atom. The molecule has 0 unspecified atom stereocenters. The van der Waals surface area contributed by atoms with Gasteiger partial charge >= 0.3 is 0 Å². The van der Waals surface area contributed by atoms with Crippen LogP contribution in [0.15, 0.2) is 10.9 Å². The Morgan fingerprint density at radius 1 is 1.38 bits per heavy atom. The van der Waals surface area contributed by atoms with E-state index in [1.807, 2.05) is 6.07 Å². The predicted molar refractivity (Wildman–Crippen MR) is 85.7 cm³/mol. The van der Waals surface area contributed by atoms with Gasteiger partial charge in [-0.15, -0.1) is 0 Å². The zero-order valence-corrected chi connectivity index (χ0v) is 14.0. The maximum absolute atomic E-state index is 12.4. The second-order valence-corrected chi connectivity index (χ2v) is 6.36. The van der Waals surface area contributed by atoms with Gasteiger partial charge in [-0.2, -0.15) is 5.10 Å². The van der Waals surface area contributed by atoms with Crippen LogP contribution in [0.3, 0.4) is 0 Å². The average molecular weight is 295 g/mol. The van der Waals surface area contributed by atoms with Crippen molar-refractivity contribution in [3.05, 3.63) is 27.7 Å². The number of ether oxygens (including phenoxy) is 1. The van der Waals surface area contributed by atoms with Crippen LogP contribution in [-0.2, 0) is 23.2 Å². The lowest BCUT2D eigenvalue weighted by atomic mass is 9.91. The van der Waals surface area contributed by atoms with Gasteiger partial charge in [0.25, 0.3) is 5.56 Å². The first-order valence-corrected chi connectivity index (χ1v) is 7.71. The van der Waals surface area contributed by atoms with Crippen LogP contribution in [-0.4, -0.2) is 30.0 Å². The SMILES string of the molecule is CCCCn1nc(C(C)(C)C)cc(CNCCOC)c1=O.